The number of nitrogens with zero attached hydrogens (tertiary/aromatic N) is 2. The van der Waals surface area contributed by atoms with Gasteiger partial charge in [0.05, 0.1) is 4.90 Å². The number of sulfonamides is 1. The summed E-state index contributed by atoms with van der Waals surface area (Å²) in [7, 11) is -3.56. The molecular weight excluding hydrogens is 406 g/mol. The topological polar surface area (TPSA) is 62.3 Å². The summed E-state index contributed by atoms with van der Waals surface area (Å²) in [5, 5.41) is 0. The predicted octanol–water partition coefficient (Wildman–Crippen LogP) is 4.25. The van der Waals surface area contributed by atoms with Crippen LogP contribution >= 0.6 is 0 Å². The molecule has 0 amide bonds. The molecule has 1 saturated heterocycles. The molecule has 0 aliphatic carbocycles. The number of hydrogen-bond acceptors (Lipinski definition) is 4. The maximum Gasteiger partial charge on any atom is 0.240 e. The number of pyridine rings is 1. The number of likely N-dealkylation sites (tertiary alicyclic amines) is 1. The van der Waals surface area contributed by atoms with Crippen LogP contribution in [-0.2, 0) is 23.0 Å². The zero-order valence-electron chi connectivity index (χ0n) is 17.9. The van der Waals surface area contributed by atoms with Crippen molar-refractivity contribution in [1.82, 2.24) is 14.6 Å². The largest absolute Gasteiger partial charge is 0.300 e. The van der Waals surface area contributed by atoms with Gasteiger partial charge in [0.2, 0.25) is 10.0 Å². The van der Waals surface area contributed by atoms with Gasteiger partial charge in [0.25, 0.3) is 0 Å². The van der Waals surface area contributed by atoms with Crippen LogP contribution in [0.3, 0.4) is 0 Å². The van der Waals surface area contributed by atoms with Crippen LogP contribution in [0, 0.1) is 0 Å². The third kappa shape index (κ3) is 5.58. The minimum Gasteiger partial charge on any atom is -0.300 e. The second-order valence-corrected chi connectivity index (χ2v) is 9.95. The molecule has 0 saturated carbocycles. The smallest absolute Gasteiger partial charge is 0.240 e. The first kappa shape index (κ1) is 21.7. The van der Waals surface area contributed by atoms with Gasteiger partial charge in [-0.15, -0.1) is 0 Å². The molecule has 6 heteroatoms. The molecule has 0 unspecified atom stereocenters. The molecule has 5 nitrogen and oxygen atoms in total. The summed E-state index contributed by atoms with van der Waals surface area (Å²) in [6.45, 7) is 4.88. The molecular formula is C25H29N3O2S. The Kier molecular flexibility index (Phi) is 6.80. The maximum atomic E-state index is 12.6. The number of nitrogens with one attached hydrogen (secondary N) is 1. The van der Waals surface area contributed by atoms with Crippen molar-refractivity contribution in [2.45, 2.75) is 43.7 Å². The van der Waals surface area contributed by atoms with Crippen molar-refractivity contribution < 1.29 is 8.42 Å². The van der Waals surface area contributed by atoms with E-state index < -0.39 is 10.0 Å². The molecule has 1 atom stereocenters. The van der Waals surface area contributed by atoms with Crippen LogP contribution in [-0.4, -0.2) is 37.4 Å². The van der Waals surface area contributed by atoms with Gasteiger partial charge in [-0.25, -0.2) is 13.1 Å². The van der Waals surface area contributed by atoms with E-state index in [2.05, 4.69) is 45.8 Å². The predicted molar refractivity (Wildman–Crippen MR) is 124 cm³/mol. The Labute approximate surface area is 185 Å². The average Bonchev–Trinajstić information content (AvgIpc) is 3.22. The van der Waals surface area contributed by atoms with Crippen molar-refractivity contribution in [3.8, 4) is 11.1 Å². The van der Waals surface area contributed by atoms with Crippen molar-refractivity contribution in [3.63, 3.8) is 0 Å². The summed E-state index contributed by atoms with van der Waals surface area (Å²) in [6.07, 6.45) is 6.98. The van der Waals surface area contributed by atoms with Crippen LogP contribution in [0.25, 0.3) is 11.1 Å². The Morgan fingerprint density at radius 2 is 1.58 bits per heavy atom. The SMILES string of the molecule is C[C@@H]1CCCN1CCc1ccc(-c2ccc(S(=O)(=O)NCc3ccncc3)cc2)cc1. The van der Waals surface area contributed by atoms with Gasteiger partial charge >= 0.3 is 0 Å². The summed E-state index contributed by atoms with van der Waals surface area (Å²) in [5.74, 6) is 0. The summed E-state index contributed by atoms with van der Waals surface area (Å²) in [4.78, 5) is 6.77. The van der Waals surface area contributed by atoms with E-state index in [1.165, 1.54) is 24.9 Å². The Morgan fingerprint density at radius 1 is 0.935 bits per heavy atom. The van der Waals surface area contributed by atoms with E-state index in [1.807, 2.05) is 12.1 Å². The van der Waals surface area contributed by atoms with Gasteiger partial charge in [-0.3, -0.25) is 4.98 Å². The normalized spacial score (nSPS) is 17.1. The second-order valence-electron chi connectivity index (χ2n) is 8.18. The van der Waals surface area contributed by atoms with Crippen LogP contribution in [0.5, 0.6) is 0 Å². The third-order valence-electron chi connectivity index (χ3n) is 6.05. The molecule has 4 rings (SSSR count). The standard InChI is InChI=1S/C25H29N3O2S/c1-20-3-2-17-28(20)18-14-21-4-6-23(7-5-21)24-8-10-25(11-9-24)31(29,30)27-19-22-12-15-26-16-13-22/h4-13,15-16,20,27H,2-3,14,17-19H2,1H3/t20-/m1/s1. The Bertz CT molecular complexity index is 1080. The molecule has 1 aliphatic rings. The molecule has 3 aromatic rings. The fourth-order valence-electron chi connectivity index (χ4n) is 4.05. The maximum absolute atomic E-state index is 12.6. The molecule has 162 valence electrons. The van der Waals surface area contributed by atoms with E-state index >= 15 is 0 Å². The summed E-state index contributed by atoms with van der Waals surface area (Å²) in [5.41, 5.74) is 4.30. The first-order valence-electron chi connectivity index (χ1n) is 10.8. The van der Waals surface area contributed by atoms with Crippen LogP contribution < -0.4 is 4.72 Å². The highest BCUT2D eigenvalue weighted by molar-refractivity contribution is 7.89. The zero-order valence-corrected chi connectivity index (χ0v) is 18.7. The first-order valence-corrected chi connectivity index (χ1v) is 12.3. The minimum absolute atomic E-state index is 0.240. The van der Waals surface area contributed by atoms with Gasteiger partial charge in [-0.2, -0.15) is 0 Å². The Hall–Kier alpha value is -2.54. The lowest BCUT2D eigenvalue weighted by atomic mass is 10.0. The van der Waals surface area contributed by atoms with E-state index in [4.69, 9.17) is 0 Å². The van der Waals surface area contributed by atoms with Gasteiger partial charge in [0, 0.05) is 31.5 Å². The highest BCUT2D eigenvalue weighted by atomic mass is 32.2. The monoisotopic (exact) mass is 435 g/mol. The molecule has 1 aliphatic heterocycles. The van der Waals surface area contributed by atoms with E-state index in [0.29, 0.717) is 6.04 Å². The van der Waals surface area contributed by atoms with Crippen molar-refractivity contribution in [1.29, 1.82) is 0 Å². The minimum atomic E-state index is -3.56. The molecule has 2 heterocycles. The zero-order chi connectivity index (χ0) is 21.7. The number of benzene rings is 2. The third-order valence-corrected chi connectivity index (χ3v) is 7.46. The summed E-state index contributed by atoms with van der Waals surface area (Å²) >= 11 is 0. The van der Waals surface area contributed by atoms with Gasteiger partial charge in [0.1, 0.15) is 0 Å². The molecule has 0 radical (unpaired) electrons. The number of aromatic nitrogens is 1. The van der Waals surface area contributed by atoms with E-state index in [9.17, 15) is 8.42 Å². The molecule has 0 spiro atoms. The van der Waals surface area contributed by atoms with Crippen LogP contribution in [0.1, 0.15) is 30.9 Å². The van der Waals surface area contributed by atoms with E-state index in [-0.39, 0.29) is 11.4 Å². The molecule has 0 bridgehead atoms. The van der Waals surface area contributed by atoms with Crippen molar-refractivity contribution >= 4 is 10.0 Å². The molecule has 1 N–H and O–H groups in total. The lowest BCUT2D eigenvalue weighted by Gasteiger charge is -2.20. The van der Waals surface area contributed by atoms with Crippen LogP contribution in [0.15, 0.2) is 78.0 Å². The van der Waals surface area contributed by atoms with E-state index in [0.717, 1.165) is 29.7 Å². The lowest BCUT2D eigenvalue weighted by Crippen LogP contribution is -2.28. The van der Waals surface area contributed by atoms with Crippen LogP contribution in [0.2, 0.25) is 0 Å². The van der Waals surface area contributed by atoms with Gasteiger partial charge in [-0.1, -0.05) is 36.4 Å². The lowest BCUT2D eigenvalue weighted by molar-refractivity contribution is 0.272. The Balaban J connectivity index is 1.37. The van der Waals surface area contributed by atoms with Crippen LogP contribution in [0.4, 0.5) is 0 Å². The van der Waals surface area contributed by atoms with Gasteiger partial charge in [-0.05, 0) is 79.3 Å². The highest BCUT2D eigenvalue weighted by Crippen LogP contribution is 2.23. The van der Waals surface area contributed by atoms with Crippen molar-refractivity contribution in [2.24, 2.45) is 0 Å². The average molecular weight is 436 g/mol. The fourth-order valence-corrected chi connectivity index (χ4v) is 5.07. The molecule has 31 heavy (non-hydrogen) atoms. The quantitative estimate of drug-likeness (QED) is 0.574. The summed E-state index contributed by atoms with van der Waals surface area (Å²) < 4.78 is 27.8. The second kappa shape index (κ2) is 9.73. The van der Waals surface area contributed by atoms with Crippen molar-refractivity contribution in [3.05, 3.63) is 84.2 Å². The van der Waals surface area contributed by atoms with E-state index in [1.54, 1.807) is 36.7 Å². The van der Waals surface area contributed by atoms with Gasteiger partial charge in [0.15, 0.2) is 0 Å². The number of rotatable bonds is 8. The Morgan fingerprint density at radius 3 is 2.19 bits per heavy atom. The number of hydrogen-bond donors (Lipinski definition) is 1. The van der Waals surface area contributed by atoms with Crippen molar-refractivity contribution in [2.75, 3.05) is 13.1 Å². The molecule has 1 aromatic heterocycles. The fraction of sp³-hybridized carbons (Fsp3) is 0.320. The molecule has 2 aromatic carbocycles. The van der Waals surface area contributed by atoms with Gasteiger partial charge < -0.3 is 4.90 Å². The molecule has 1 fully saturated rings. The summed E-state index contributed by atoms with van der Waals surface area (Å²) in [6, 6.07) is 19.9. The highest BCUT2D eigenvalue weighted by Gasteiger charge is 2.19. The first-order chi connectivity index (χ1) is 15.0.